The quantitative estimate of drug-likeness (QED) is 0.0993. The Morgan fingerprint density at radius 3 is 2.20 bits per heavy atom. The summed E-state index contributed by atoms with van der Waals surface area (Å²) >= 11 is 10.9. The molecule has 40 heavy (non-hydrogen) atoms. The number of hydrogen-bond donors (Lipinski definition) is 4. The van der Waals surface area contributed by atoms with E-state index in [2.05, 4.69) is 22.7 Å². The average Bonchev–Trinajstić information content (AvgIpc) is 2.95. The number of rotatable bonds is 14. The maximum atomic E-state index is 11.2. The molecule has 0 saturated heterocycles. The van der Waals surface area contributed by atoms with Crippen LogP contribution in [0.5, 0.6) is 11.5 Å². The molecule has 4 N–H and O–H groups in total. The molecule has 1 aliphatic rings. The highest BCUT2D eigenvalue weighted by Gasteiger charge is 2.28. The van der Waals surface area contributed by atoms with Gasteiger partial charge in [-0.05, 0) is 71.1 Å². The van der Waals surface area contributed by atoms with Gasteiger partial charge in [-0.3, -0.25) is 13.6 Å². The van der Waals surface area contributed by atoms with Gasteiger partial charge in [0.05, 0.1) is 26.4 Å². The van der Waals surface area contributed by atoms with Crippen molar-refractivity contribution in [2.45, 2.75) is 24.8 Å². The van der Waals surface area contributed by atoms with Gasteiger partial charge in [0.25, 0.3) is 0 Å². The summed E-state index contributed by atoms with van der Waals surface area (Å²) in [6, 6.07) is 13.1. The van der Waals surface area contributed by atoms with E-state index in [0.717, 1.165) is 24.9 Å². The zero-order valence-electron chi connectivity index (χ0n) is 22.2. The molecule has 0 radical (unpaired) electrons. The lowest BCUT2D eigenvalue weighted by Crippen LogP contribution is -2.34. The lowest BCUT2D eigenvalue weighted by molar-refractivity contribution is 0.121. The lowest BCUT2D eigenvalue weighted by atomic mass is 9.94. The van der Waals surface area contributed by atoms with E-state index in [9.17, 15) is 9.67 Å². The van der Waals surface area contributed by atoms with Gasteiger partial charge < -0.3 is 19.6 Å². The Bertz CT molecular complexity index is 1260. The van der Waals surface area contributed by atoms with E-state index in [4.69, 9.17) is 47.2 Å². The van der Waals surface area contributed by atoms with Crippen molar-refractivity contribution < 1.29 is 33.2 Å². The van der Waals surface area contributed by atoms with Gasteiger partial charge >= 0.3 is 21.7 Å². The molecule has 2 aromatic carbocycles. The van der Waals surface area contributed by atoms with E-state index < -0.39 is 27.6 Å². The molecule has 3 rings (SSSR count). The van der Waals surface area contributed by atoms with Gasteiger partial charge in [-0.1, -0.05) is 29.1 Å². The zero-order chi connectivity index (χ0) is 29.3. The third-order valence-corrected chi connectivity index (χ3v) is 10.7. The Hall–Kier alpha value is -1.72. The Labute approximate surface area is 246 Å². The van der Waals surface area contributed by atoms with Crippen LogP contribution in [0.3, 0.4) is 0 Å². The van der Waals surface area contributed by atoms with Crippen LogP contribution < -0.4 is 14.5 Å². The second-order valence-corrected chi connectivity index (χ2v) is 14.9. The molecule has 216 valence electrons. The van der Waals surface area contributed by atoms with Gasteiger partial charge in [0.15, 0.2) is 17.3 Å². The van der Waals surface area contributed by atoms with Crippen molar-refractivity contribution in [2.24, 2.45) is 11.0 Å². The molecule has 5 unspecified atom stereocenters. The number of hydrogen-bond acceptors (Lipinski definition) is 9. The third kappa shape index (κ3) is 10.3. The van der Waals surface area contributed by atoms with Crippen LogP contribution in [0.1, 0.15) is 29.8 Å². The number of hydrazone groups is 1. The molecular weight excluding hydrogens is 613 g/mol. The van der Waals surface area contributed by atoms with Crippen LogP contribution in [0.2, 0.25) is 0 Å². The predicted octanol–water partition coefficient (Wildman–Crippen LogP) is 4.54. The lowest BCUT2D eigenvalue weighted by Gasteiger charge is -2.22. The second-order valence-electron chi connectivity index (χ2n) is 8.88. The van der Waals surface area contributed by atoms with E-state index in [1.54, 1.807) is 20.4 Å². The Balaban J connectivity index is 1.45. The van der Waals surface area contributed by atoms with Crippen molar-refractivity contribution in [3.63, 3.8) is 0 Å². The van der Waals surface area contributed by atoms with Gasteiger partial charge in [-0.25, -0.2) is 5.43 Å². The summed E-state index contributed by atoms with van der Waals surface area (Å²) in [4.78, 5) is 18.2. The summed E-state index contributed by atoms with van der Waals surface area (Å²) < 4.78 is 31.6. The Morgan fingerprint density at radius 2 is 1.65 bits per heavy atom. The van der Waals surface area contributed by atoms with Crippen LogP contribution in [-0.2, 0) is 32.9 Å². The van der Waals surface area contributed by atoms with Crippen molar-refractivity contribution >= 4 is 51.6 Å². The Morgan fingerprint density at radius 1 is 1.05 bits per heavy atom. The minimum absolute atomic E-state index is 0.0811. The van der Waals surface area contributed by atoms with E-state index in [1.165, 1.54) is 29.0 Å². The molecule has 0 heterocycles. The summed E-state index contributed by atoms with van der Waals surface area (Å²) in [6.07, 6.45) is 8.22. The zero-order valence-corrected chi connectivity index (χ0v) is 26.5. The Kier molecular flexibility index (Phi) is 12.7. The molecule has 16 heteroatoms. The maximum Gasteiger partial charge on any atom is 0.540 e. The standard InChI is InChI=1S/C24H31N4O7P3S2/c1-27(25-16-18-4-10-21(33-3)11-5-18)36(39)34-22-12-6-19(7-13-22)17-26-28(2)37(40)35-23-14-8-20(9-15-23)24(29)38(30,31)32/h4,6-10,12-15,17-18,21,24-25,29H,5,11,16H2,1-3H3/p+2/b26-17+. The smallest absolute Gasteiger partial charge is 0.377 e. The number of methoxy groups -OCH3 is 1. The monoisotopic (exact) mass is 646 g/mol. The second kappa shape index (κ2) is 15.5. The highest BCUT2D eigenvalue weighted by Crippen LogP contribution is 2.50. The van der Waals surface area contributed by atoms with Crippen LogP contribution in [0.15, 0.2) is 65.8 Å². The number of nitrogens with zero attached hydrogens (tertiary/aromatic N) is 3. The molecule has 11 nitrogen and oxygen atoms in total. The molecule has 1 aliphatic carbocycles. The maximum absolute atomic E-state index is 11.2. The van der Waals surface area contributed by atoms with Crippen molar-refractivity contribution in [1.82, 2.24) is 15.0 Å². The number of aliphatic hydroxyl groups is 1. The molecule has 5 atom stereocenters. The largest absolute Gasteiger partial charge is 0.540 e. The molecule has 0 fully saturated rings. The fourth-order valence-electron chi connectivity index (χ4n) is 3.53. The van der Waals surface area contributed by atoms with Gasteiger partial charge in [0, 0.05) is 13.7 Å². The topological polar surface area (TPSA) is 136 Å². The normalized spacial score (nSPS) is 19.0. The SMILES string of the molecule is COC1C=CC(CNN(C)[P+](=S)Oc2ccc(/C=N/N(C)[P+](=S)Oc3ccc(C(O)P(=O)(O)O)cc3)cc2)CC1. The third-order valence-electron chi connectivity index (χ3n) is 5.90. The van der Waals surface area contributed by atoms with Crippen molar-refractivity contribution in [3.05, 3.63) is 71.8 Å². The number of ether oxygens (including phenoxy) is 1. The van der Waals surface area contributed by atoms with E-state index in [-0.39, 0.29) is 11.7 Å². The van der Waals surface area contributed by atoms with Crippen LogP contribution in [-0.4, -0.2) is 64.5 Å². The van der Waals surface area contributed by atoms with Crippen LogP contribution >= 0.6 is 21.7 Å². The van der Waals surface area contributed by atoms with E-state index in [1.807, 2.05) is 36.1 Å². The first kappa shape index (κ1) is 32.8. The number of hydrazine groups is 1. The van der Waals surface area contributed by atoms with Crippen LogP contribution in [0.25, 0.3) is 0 Å². The number of nitrogens with one attached hydrogen (secondary N) is 1. The summed E-state index contributed by atoms with van der Waals surface area (Å²) in [6.45, 7) is 0.783. The molecule has 0 amide bonds. The number of aliphatic hydroxyl groups excluding tert-OH is 1. The summed E-state index contributed by atoms with van der Waals surface area (Å²) in [5.41, 5.74) is 4.25. The summed E-state index contributed by atoms with van der Waals surface area (Å²) in [5, 5.41) is 14.0. The molecule has 0 saturated carbocycles. The predicted molar refractivity (Wildman–Crippen MR) is 163 cm³/mol. The van der Waals surface area contributed by atoms with Gasteiger partial charge in [-0.2, -0.15) is 0 Å². The molecule has 0 spiro atoms. The van der Waals surface area contributed by atoms with Gasteiger partial charge in [-0.15, -0.1) is 5.10 Å². The van der Waals surface area contributed by atoms with Crippen LogP contribution in [0.4, 0.5) is 0 Å². The fourth-order valence-corrected chi connectivity index (χ4v) is 6.08. The molecule has 0 bridgehead atoms. The highest BCUT2D eigenvalue weighted by atomic mass is 32.4. The first-order valence-electron chi connectivity index (χ1n) is 12.2. The van der Waals surface area contributed by atoms with Gasteiger partial charge in [0.1, 0.15) is 0 Å². The molecular formula is C24H33N4O7P3S2+2. The first-order chi connectivity index (χ1) is 19.0. The van der Waals surface area contributed by atoms with Crippen molar-refractivity contribution in [2.75, 3.05) is 27.7 Å². The minimum Gasteiger partial charge on any atom is -0.377 e. The van der Waals surface area contributed by atoms with E-state index in [0.29, 0.717) is 17.4 Å². The van der Waals surface area contributed by atoms with Crippen molar-refractivity contribution in [3.8, 4) is 11.5 Å². The highest BCUT2D eigenvalue weighted by molar-refractivity contribution is 8.02. The molecule has 0 aliphatic heterocycles. The minimum atomic E-state index is -4.65. The fraction of sp³-hybridized carbons (Fsp3) is 0.375. The molecule has 2 aromatic rings. The first-order valence-corrected chi connectivity index (χ1v) is 18.3. The number of benzene rings is 2. The summed E-state index contributed by atoms with van der Waals surface area (Å²) in [7, 11) is -2.20. The van der Waals surface area contributed by atoms with E-state index >= 15 is 0 Å². The van der Waals surface area contributed by atoms with Crippen molar-refractivity contribution in [1.29, 1.82) is 0 Å². The molecule has 0 aromatic heterocycles. The average molecular weight is 647 g/mol. The van der Waals surface area contributed by atoms with Crippen LogP contribution in [0, 0.1) is 5.92 Å². The summed E-state index contributed by atoms with van der Waals surface area (Å²) in [5.74, 6) is -0.413. The van der Waals surface area contributed by atoms with Gasteiger partial charge in [0.2, 0.25) is 23.6 Å².